The van der Waals surface area contributed by atoms with Crippen LogP contribution in [-0.2, 0) is 6.42 Å². The highest BCUT2D eigenvalue weighted by Crippen LogP contribution is 2.43. The summed E-state index contributed by atoms with van der Waals surface area (Å²) < 4.78 is 6.46. The van der Waals surface area contributed by atoms with E-state index in [0.29, 0.717) is 10.1 Å². The van der Waals surface area contributed by atoms with Gasteiger partial charge in [0.05, 0.1) is 11.7 Å². The maximum absolute atomic E-state index is 6.46. The molecule has 1 N–H and O–H groups in total. The van der Waals surface area contributed by atoms with E-state index in [2.05, 4.69) is 53.3 Å². The summed E-state index contributed by atoms with van der Waals surface area (Å²) in [5.41, 5.74) is 5.30. The Balaban J connectivity index is 1.60. The number of halogens is 1. The Labute approximate surface area is 204 Å². The summed E-state index contributed by atoms with van der Waals surface area (Å²) in [7, 11) is 0. The molecular formula is C27H24ClN3OS. The van der Waals surface area contributed by atoms with E-state index in [0.717, 1.165) is 40.4 Å². The van der Waals surface area contributed by atoms with E-state index in [-0.39, 0.29) is 12.1 Å². The number of anilines is 1. The van der Waals surface area contributed by atoms with Gasteiger partial charge in [0, 0.05) is 22.5 Å². The molecule has 1 fully saturated rings. The van der Waals surface area contributed by atoms with Gasteiger partial charge in [-0.15, -0.1) is 0 Å². The van der Waals surface area contributed by atoms with Crippen LogP contribution in [0.5, 0.6) is 0 Å². The van der Waals surface area contributed by atoms with Crippen LogP contribution in [-0.4, -0.2) is 10.1 Å². The quantitative estimate of drug-likeness (QED) is 0.315. The molecule has 5 rings (SSSR count). The van der Waals surface area contributed by atoms with Gasteiger partial charge in [0.1, 0.15) is 17.6 Å². The summed E-state index contributed by atoms with van der Waals surface area (Å²) in [6.07, 6.45) is 2.79. The SMILES string of the molecule is CCc1ccc(N2C(=S)NC(c3ccccn3)C2c2ccc(-c3cc(Cl)ccc3C)o2)cc1. The number of nitrogens with zero attached hydrogens (tertiary/aromatic N) is 2. The molecule has 33 heavy (non-hydrogen) atoms. The summed E-state index contributed by atoms with van der Waals surface area (Å²) in [6, 6.07) is 24.0. The number of aryl methyl sites for hydroxylation is 2. The molecule has 0 saturated carbocycles. The van der Waals surface area contributed by atoms with Crippen LogP contribution in [0.4, 0.5) is 5.69 Å². The second kappa shape index (κ2) is 9.00. The van der Waals surface area contributed by atoms with Crippen LogP contribution in [0.3, 0.4) is 0 Å². The Bertz CT molecular complexity index is 1290. The first-order valence-electron chi connectivity index (χ1n) is 11.0. The van der Waals surface area contributed by atoms with Crippen LogP contribution in [0.25, 0.3) is 11.3 Å². The van der Waals surface area contributed by atoms with Crippen molar-refractivity contribution in [2.24, 2.45) is 0 Å². The van der Waals surface area contributed by atoms with Crippen molar-refractivity contribution in [2.45, 2.75) is 32.4 Å². The van der Waals surface area contributed by atoms with Gasteiger partial charge in [-0.05, 0) is 85.2 Å². The lowest BCUT2D eigenvalue weighted by Gasteiger charge is -2.26. The van der Waals surface area contributed by atoms with E-state index in [1.54, 1.807) is 6.20 Å². The van der Waals surface area contributed by atoms with Gasteiger partial charge in [0.2, 0.25) is 0 Å². The van der Waals surface area contributed by atoms with Gasteiger partial charge in [-0.3, -0.25) is 4.98 Å². The Morgan fingerprint density at radius 1 is 1.06 bits per heavy atom. The Morgan fingerprint density at radius 3 is 2.61 bits per heavy atom. The summed E-state index contributed by atoms with van der Waals surface area (Å²) in [5.74, 6) is 1.59. The Hall–Kier alpha value is -3.15. The van der Waals surface area contributed by atoms with E-state index in [1.165, 1.54) is 5.56 Å². The van der Waals surface area contributed by atoms with Crippen molar-refractivity contribution in [1.82, 2.24) is 10.3 Å². The van der Waals surface area contributed by atoms with Crippen LogP contribution >= 0.6 is 23.8 Å². The van der Waals surface area contributed by atoms with Gasteiger partial charge >= 0.3 is 0 Å². The monoisotopic (exact) mass is 473 g/mol. The normalized spacial score (nSPS) is 17.9. The largest absolute Gasteiger partial charge is 0.459 e. The zero-order chi connectivity index (χ0) is 22.9. The van der Waals surface area contributed by atoms with E-state index < -0.39 is 0 Å². The number of hydrogen-bond donors (Lipinski definition) is 1. The summed E-state index contributed by atoms with van der Waals surface area (Å²) in [5, 5.41) is 4.81. The molecular weight excluding hydrogens is 450 g/mol. The molecule has 0 radical (unpaired) electrons. The van der Waals surface area contributed by atoms with E-state index in [4.69, 9.17) is 28.2 Å². The standard InChI is InChI=1S/C27H24ClN3OS/c1-3-18-8-11-20(12-9-18)31-26(25(30-27(31)33)22-6-4-5-15-29-22)24-14-13-23(32-24)21-16-19(28)10-7-17(21)2/h4-16,25-26H,3H2,1-2H3,(H,30,33). The van der Waals surface area contributed by atoms with Crippen LogP contribution in [0.1, 0.15) is 41.6 Å². The third kappa shape index (κ3) is 4.14. The predicted octanol–water partition coefficient (Wildman–Crippen LogP) is 7.04. The topological polar surface area (TPSA) is 41.3 Å². The van der Waals surface area contributed by atoms with Crippen molar-refractivity contribution in [1.29, 1.82) is 0 Å². The molecule has 6 heteroatoms. The summed E-state index contributed by atoms with van der Waals surface area (Å²) in [4.78, 5) is 6.74. The fourth-order valence-corrected chi connectivity index (χ4v) is 4.85. The van der Waals surface area contributed by atoms with Crippen molar-refractivity contribution in [2.75, 3.05) is 4.90 Å². The highest BCUT2D eigenvalue weighted by atomic mass is 35.5. The molecule has 1 aliphatic heterocycles. The van der Waals surface area contributed by atoms with Crippen molar-refractivity contribution in [3.05, 3.63) is 107 Å². The second-order valence-corrected chi connectivity index (χ2v) is 9.00. The third-order valence-corrected chi connectivity index (χ3v) is 6.65. The molecule has 0 spiro atoms. The fourth-order valence-electron chi connectivity index (χ4n) is 4.33. The van der Waals surface area contributed by atoms with Gasteiger partial charge < -0.3 is 14.6 Å². The minimum absolute atomic E-state index is 0.149. The van der Waals surface area contributed by atoms with E-state index in [9.17, 15) is 0 Å². The molecule has 166 valence electrons. The lowest BCUT2D eigenvalue weighted by molar-refractivity contribution is 0.439. The molecule has 0 bridgehead atoms. The average Bonchev–Trinajstić information content (AvgIpc) is 3.46. The molecule has 1 saturated heterocycles. The molecule has 2 aromatic heterocycles. The molecule has 2 unspecified atom stereocenters. The van der Waals surface area contributed by atoms with E-state index in [1.807, 2.05) is 48.5 Å². The van der Waals surface area contributed by atoms with Crippen molar-refractivity contribution < 1.29 is 4.42 Å². The van der Waals surface area contributed by atoms with Gasteiger partial charge in [0.15, 0.2) is 5.11 Å². The third-order valence-electron chi connectivity index (χ3n) is 6.10. The van der Waals surface area contributed by atoms with Crippen molar-refractivity contribution >= 4 is 34.6 Å². The average molecular weight is 474 g/mol. The summed E-state index contributed by atoms with van der Waals surface area (Å²) in [6.45, 7) is 4.21. The second-order valence-electron chi connectivity index (χ2n) is 8.18. The molecule has 1 aliphatic rings. The highest BCUT2D eigenvalue weighted by molar-refractivity contribution is 7.80. The van der Waals surface area contributed by atoms with Crippen LogP contribution in [0.2, 0.25) is 5.02 Å². The van der Waals surface area contributed by atoms with Gasteiger partial charge in [-0.2, -0.15) is 0 Å². The molecule has 4 nitrogen and oxygen atoms in total. The smallest absolute Gasteiger partial charge is 0.174 e. The first kappa shape index (κ1) is 21.7. The van der Waals surface area contributed by atoms with Gasteiger partial charge in [0.25, 0.3) is 0 Å². The van der Waals surface area contributed by atoms with Crippen LogP contribution in [0, 0.1) is 6.92 Å². The highest BCUT2D eigenvalue weighted by Gasteiger charge is 2.42. The van der Waals surface area contributed by atoms with Gasteiger partial charge in [-0.25, -0.2) is 0 Å². The van der Waals surface area contributed by atoms with Crippen LogP contribution < -0.4 is 10.2 Å². The first-order valence-corrected chi connectivity index (χ1v) is 11.8. The molecule has 0 amide bonds. The number of benzene rings is 2. The molecule has 2 aromatic carbocycles. The first-order chi connectivity index (χ1) is 16.0. The molecule has 2 atom stereocenters. The van der Waals surface area contributed by atoms with E-state index >= 15 is 0 Å². The lowest BCUT2D eigenvalue weighted by atomic mass is 10.0. The minimum Gasteiger partial charge on any atom is -0.459 e. The maximum atomic E-state index is 6.46. The predicted molar refractivity (Wildman–Crippen MR) is 138 cm³/mol. The fraction of sp³-hybridized carbons (Fsp3) is 0.185. The summed E-state index contributed by atoms with van der Waals surface area (Å²) >= 11 is 12.1. The molecule has 3 heterocycles. The Morgan fingerprint density at radius 2 is 1.88 bits per heavy atom. The number of furan rings is 1. The number of hydrogen-bond acceptors (Lipinski definition) is 3. The number of pyridine rings is 1. The van der Waals surface area contributed by atoms with Crippen LogP contribution in [0.15, 0.2) is 83.4 Å². The van der Waals surface area contributed by atoms with Crippen molar-refractivity contribution in [3.63, 3.8) is 0 Å². The number of aromatic nitrogens is 1. The van der Waals surface area contributed by atoms with Crippen molar-refractivity contribution in [3.8, 4) is 11.3 Å². The zero-order valence-corrected chi connectivity index (χ0v) is 20.0. The Kier molecular flexibility index (Phi) is 5.92. The number of rotatable bonds is 5. The maximum Gasteiger partial charge on any atom is 0.174 e. The van der Waals surface area contributed by atoms with Gasteiger partial charge in [-0.1, -0.05) is 42.8 Å². The number of thiocarbonyl (C=S) groups is 1. The lowest BCUT2D eigenvalue weighted by Crippen LogP contribution is -2.29. The zero-order valence-electron chi connectivity index (χ0n) is 18.5. The number of nitrogens with one attached hydrogen (secondary N) is 1. The molecule has 4 aromatic rings. The molecule has 0 aliphatic carbocycles. The minimum atomic E-state index is -0.187.